The van der Waals surface area contributed by atoms with Crippen molar-refractivity contribution in [2.24, 2.45) is 5.16 Å². The summed E-state index contributed by atoms with van der Waals surface area (Å²) in [5, 5.41) is 12.7. The van der Waals surface area contributed by atoms with Crippen molar-refractivity contribution in [1.82, 2.24) is 15.2 Å². The van der Waals surface area contributed by atoms with Gasteiger partial charge in [-0.25, -0.2) is 9.78 Å². The van der Waals surface area contributed by atoms with E-state index in [1.807, 2.05) is 146 Å². The minimum atomic E-state index is -0.997. The molecule has 7 aromatic rings. The van der Waals surface area contributed by atoms with Gasteiger partial charge < -0.3 is 20.2 Å². The fraction of sp³-hybridized carbons (Fsp3) is 0.135. The highest BCUT2D eigenvalue weighted by atomic mass is 35.5. The zero-order valence-electron chi connectivity index (χ0n) is 34.8. The number of rotatable bonds is 16. The minimum Gasteiger partial charge on any atom is -0.448 e. The Morgan fingerprint density at radius 3 is 1.78 bits per heavy atom. The van der Waals surface area contributed by atoms with Crippen LogP contribution >= 0.6 is 34.7 Å². The Bertz CT molecular complexity index is 2680. The zero-order chi connectivity index (χ0) is 44.6. The molecular formula is C52H42ClN5O5S2. The highest BCUT2D eigenvalue weighted by Gasteiger charge is 2.55. The molecule has 1 aromatic heterocycles. The number of hydrogen-bond acceptors (Lipinski definition) is 10. The van der Waals surface area contributed by atoms with Gasteiger partial charge in [-0.2, -0.15) is 0 Å². The number of oxime groups is 1. The minimum absolute atomic E-state index is 0.0160. The van der Waals surface area contributed by atoms with E-state index < -0.39 is 40.8 Å². The predicted octanol–water partition coefficient (Wildman–Crippen LogP) is 9.69. The molecule has 2 aliphatic rings. The van der Waals surface area contributed by atoms with Crippen molar-refractivity contribution >= 4 is 63.3 Å². The van der Waals surface area contributed by atoms with Gasteiger partial charge in [-0.15, -0.1) is 34.7 Å². The number of halogens is 1. The Labute approximate surface area is 390 Å². The third-order valence-electron chi connectivity index (χ3n) is 11.2. The summed E-state index contributed by atoms with van der Waals surface area (Å²) >= 11 is 9.13. The van der Waals surface area contributed by atoms with Crippen LogP contribution in [0.25, 0.3) is 0 Å². The van der Waals surface area contributed by atoms with Crippen LogP contribution in [0.5, 0.6) is 0 Å². The van der Waals surface area contributed by atoms with Gasteiger partial charge in [0.15, 0.2) is 16.9 Å². The Kier molecular flexibility index (Phi) is 13.2. The van der Waals surface area contributed by atoms with Crippen LogP contribution in [-0.2, 0) is 36.1 Å². The predicted molar refractivity (Wildman–Crippen MR) is 256 cm³/mol. The summed E-state index contributed by atoms with van der Waals surface area (Å²) in [5.74, 6) is -1.46. The van der Waals surface area contributed by atoms with E-state index in [1.165, 1.54) is 28.0 Å². The molecule has 6 aromatic carbocycles. The number of nitrogens with zero attached hydrogens (tertiary/aromatic N) is 3. The summed E-state index contributed by atoms with van der Waals surface area (Å²) in [6.07, 6.45) is -0.737. The Balaban J connectivity index is 0.999. The van der Waals surface area contributed by atoms with E-state index >= 15 is 0 Å². The van der Waals surface area contributed by atoms with Gasteiger partial charge in [0.05, 0.1) is 0 Å². The molecule has 0 saturated carbocycles. The second kappa shape index (κ2) is 19.8. The quantitative estimate of drug-likeness (QED) is 0.0246. The normalized spacial score (nSPS) is 16.1. The summed E-state index contributed by atoms with van der Waals surface area (Å²) in [6.45, 7) is 0.0883. The first-order valence-corrected chi connectivity index (χ1v) is 23.4. The van der Waals surface area contributed by atoms with Gasteiger partial charge in [0.2, 0.25) is 0 Å². The first kappa shape index (κ1) is 43.3. The molecule has 0 spiro atoms. The number of carbonyl (C=O) groups is 3. The number of benzene rings is 6. The van der Waals surface area contributed by atoms with Crippen molar-refractivity contribution in [2.45, 2.75) is 29.7 Å². The van der Waals surface area contributed by atoms with Crippen LogP contribution in [0, 0.1) is 0 Å². The highest BCUT2D eigenvalue weighted by molar-refractivity contribution is 8.00. The van der Waals surface area contributed by atoms with Gasteiger partial charge in [0, 0.05) is 17.0 Å². The second-order valence-corrected chi connectivity index (χ2v) is 17.5. The second-order valence-electron chi connectivity index (χ2n) is 15.3. The van der Waals surface area contributed by atoms with Crippen molar-refractivity contribution in [3.63, 3.8) is 0 Å². The van der Waals surface area contributed by atoms with Gasteiger partial charge >= 0.3 is 5.97 Å². The largest absolute Gasteiger partial charge is 0.448 e. The van der Waals surface area contributed by atoms with E-state index in [-0.39, 0.29) is 29.6 Å². The van der Waals surface area contributed by atoms with Crippen LogP contribution in [0.3, 0.4) is 0 Å². The monoisotopic (exact) mass is 915 g/mol. The van der Waals surface area contributed by atoms with Gasteiger partial charge in [-0.1, -0.05) is 187 Å². The number of alkyl halides is 1. The maximum Gasteiger partial charge on any atom is 0.356 e. The Hall–Kier alpha value is -6.99. The first-order chi connectivity index (χ1) is 31.9. The number of esters is 1. The molecule has 324 valence electrons. The lowest BCUT2D eigenvalue weighted by Crippen LogP contribution is -2.71. The average Bonchev–Trinajstić information content (AvgIpc) is 3.84. The van der Waals surface area contributed by atoms with Crippen LogP contribution in [0.1, 0.15) is 45.2 Å². The van der Waals surface area contributed by atoms with Gasteiger partial charge in [-0.3, -0.25) is 14.5 Å². The molecule has 65 heavy (non-hydrogen) atoms. The number of carbonyl (C=O) groups excluding carboxylic acids is 3. The number of amides is 2. The molecule has 1 fully saturated rings. The summed E-state index contributed by atoms with van der Waals surface area (Å²) in [6, 6.07) is 57.7. The van der Waals surface area contributed by atoms with Crippen molar-refractivity contribution in [3.8, 4) is 0 Å². The number of nitrogens with one attached hydrogen (secondary N) is 2. The third-order valence-corrected chi connectivity index (χ3v) is 13.6. The number of fused-ring (bicyclic) bond motifs is 1. The summed E-state index contributed by atoms with van der Waals surface area (Å²) < 4.78 is 6.22. The maximum atomic E-state index is 14.5. The molecule has 2 atom stereocenters. The molecule has 13 heteroatoms. The molecule has 10 nitrogen and oxygen atoms in total. The number of β-lactam (4-membered cyclic amide) rings is 1. The van der Waals surface area contributed by atoms with Crippen molar-refractivity contribution in [2.75, 3.05) is 16.9 Å². The molecule has 2 amide bonds. The molecular weight excluding hydrogens is 874 g/mol. The number of anilines is 1. The molecule has 0 radical (unpaired) electrons. The fourth-order valence-electron chi connectivity index (χ4n) is 8.06. The molecule has 0 bridgehead atoms. The maximum absolute atomic E-state index is 14.5. The Morgan fingerprint density at radius 2 is 1.26 bits per heavy atom. The summed E-state index contributed by atoms with van der Waals surface area (Å²) in [7, 11) is 0. The molecule has 0 unspecified atom stereocenters. The number of thiazole rings is 1. The molecule has 9 rings (SSSR count). The molecule has 0 aliphatic carbocycles. The Morgan fingerprint density at radius 1 is 0.754 bits per heavy atom. The lowest BCUT2D eigenvalue weighted by Gasteiger charge is -2.49. The van der Waals surface area contributed by atoms with Crippen LogP contribution in [0.4, 0.5) is 5.13 Å². The number of thioether (sulfide) groups is 1. The molecule has 2 aliphatic heterocycles. The molecule has 2 N–H and O–H groups in total. The standard InChI is InChI=1S/C52H42ClN5O5S2/c53-31-38-33-64-49-44(48(60)58(49)45(38)50(61)63-46(36-21-9-2-10-22-36)37-23-11-3-12-24-37)55-47(59)43(57-62-32-35-19-7-1-8-20-35)42-34-65-51(54-42)56-52(39-25-13-4-14-26-39,40-27-15-5-16-28-40)41-29-17-6-18-30-41/h1-30,34,44,46,49H,31-33H2,(H,54,56)(H,55,59)/b57-43+/t44-,49-/m1/s1. The van der Waals surface area contributed by atoms with Crippen LogP contribution in [0.2, 0.25) is 0 Å². The highest BCUT2D eigenvalue weighted by Crippen LogP contribution is 2.43. The third kappa shape index (κ3) is 9.06. The van der Waals surface area contributed by atoms with Gasteiger partial charge in [0.25, 0.3) is 11.8 Å². The van der Waals surface area contributed by atoms with E-state index in [4.69, 9.17) is 26.2 Å². The van der Waals surface area contributed by atoms with E-state index in [0.717, 1.165) is 33.4 Å². The number of ether oxygens (including phenoxy) is 1. The van der Waals surface area contributed by atoms with Gasteiger partial charge in [-0.05, 0) is 39.0 Å². The van der Waals surface area contributed by atoms with Crippen molar-refractivity contribution in [1.29, 1.82) is 0 Å². The van der Waals surface area contributed by atoms with Gasteiger partial charge in [0.1, 0.15) is 35.0 Å². The van der Waals surface area contributed by atoms with Crippen molar-refractivity contribution in [3.05, 3.63) is 238 Å². The smallest absolute Gasteiger partial charge is 0.356 e. The first-order valence-electron chi connectivity index (χ1n) is 20.9. The van der Waals surface area contributed by atoms with E-state index in [1.54, 1.807) is 5.38 Å². The fourth-order valence-corrected chi connectivity index (χ4v) is 10.5. The average molecular weight is 917 g/mol. The van der Waals surface area contributed by atoms with E-state index in [9.17, 15) is 14.4 Å². The van der Waals surface area contributed by atoms with E-state index in [0.29, 0.717) is 16.5 Å². The number of aromatic nitrogens is 1. The number of hydrogen-bond donors (Lipinski definition) is 2. The lowest BCUT2D eigenvalue weighted by atomic mass is 9.77. The summed E-state index contributed by atoms with van der Waals surface area (Å²) in [5.41, 5.74) is 5.24. The lowest BCUT2D eigenvalue weighted by molar-refractivity contribution is -0.154. The topological polar surface area (TPSA) is 122 Å². The van der Waals surface area contributed by atoms with E-state index in [2.05, 4.69) is 52.2 Å². The van der Waals surface area contributed by atoms with Crippen LogP contribution in [-0.4, -0.2) is 56.4 Å². The zero-order valence-corrected chi connectivity index (χ0v) is 37.2. The SMILES string of the molecule is O=C(OC(c1ccccc1)c1ccccc1)C1=C(CCl)CS[C@@H]2[C@H](NC(=O)/C(=N/OCc3ccccc3)c3csc(NC(c4ccccc4)(c4ccccc4)c4ccccc4)n3)C(=O)N12. The van der Waals surface area contributed by atoms with Crippen LogP contribution < -0.4 is 10.6 Å². The summed E-state index contributed by atoms with van der Waals surface area (Å²) in [4.78, 5) is 55.0. The van der Waals surface area contributed by atoms with Crippen LogP contribution in [0.15, 0.2) is 204 Å². The molecule has 1 saturated heterocycles. The molecule has 3 heterocycles. The van der Waals surface area contributed by atoms with Crippen molar-refractivity contribution < 1.29 is 24.0 Å².